The Morgan fingerprint density at radius 2 is 1.10 bits per heavy atom. The number of fused-ring (bicyclic) bond motifs is 6. The van der Waals surface area contributed by atoms with Gasteiger partial charge in [-0.3, -0.25) is 0 Å². The van der Waals surface area contributed by atoms with Crippen molar-refractivity contribution in [2.45, 2.75) is 19.3 Å². The molecule has 0 N–H and O–H groups in total. The van der Waals surface area contributed by atoms with Crippen molar-refractivity contribution in [3.05, 3.63) is 195 Å². The third-order valence-corrected chi connectivity index (χ3v) is 9.69. The van der Waals surface area contributed by atoms with Gasteiger partial charge in [0.2, 0.25) is 0 Å². The van der Waals surface area contributed by atoms with Crippen LogP contribution in [0.3, 0.4) is 0 Å². The molecule has 0 atom stereocenters. The van der Waals surface area contributed by atoms with E-state index in [-0.39, 0.29) is 51.0 Å². The second-order valence-corrected chi connectivity index (χ2v) is 12.3. The summed E-state index contributed by atoms with van der Waals surface area (Å²) in [5.41, 5.74) is 8.18. The van der Waals surface area contributed by atoms with E-state index in [0.717, 1.165) is 19.3 Å². The summed E-state index contributed by atoms with van der Waals surface area (Å²) >= 11 is 0. The molecule has 2 aliphatic carbocycles. The molecule has 0 fully saturated rings. The van der Waals surface area contributed by atoms with Crippen molar-refractivity contribution in [1.29, 1.82) is 0 Å². The van der Waals surface area contributed by atoms with Gasteiger partial charge in [-0.05, 0) is 68.5 Å². The summed E-state index contributed by atoms with van der Waals surface area (Å²) < 4.78 is 0. The topological polar surface area (TPSA) is 0 Å². The molecule has 0 saturated carbocycles. The third-order valence-electron chi connectivity index (χ3n) is 9.69. The Labute approximate surface area is 312 Å². The van der Waals surface area contributed by atoms with E-state index in [9.17, 15) is 0 Å². The van der Waals surface area contributed by atoms with Crippen molar-refractivity contribution in [2.75, 3.05) is 0 Å². The van der Waals surface area contributed by atoms with Gasteiger partial charge < -0.3 is 24.8 Å². The smallest absolute Gasteiger partial charge is 1.00 e. The molecule has 0 aliphatic heterocycles. The van der Waals surface area contributed by atoms with Gasteiger partial charge in [0.25, 0.3) is 0 Å². The van der Waals surface area contributed by atoms with Crippen molar-refractivity contribution < 1.29 is 51.0 Å². The third kappa shape index (κ3) is 5.73. The summed E-state index contributed by atoms with van der Waals surface area (Å²) in [6.07, 6.45) is 13.4. The maximum Gasteiger partial charge on any atom is 3.00 e. The van der Waals surface area contributed by atoms with Gasteiger partial charge in [-0.15, -0.1) is 33.4 Å². The fourth-order valence-electron chi connectivity index (χ4n) is 7.69. The quantitative estimate of drug-likeness (QED) is 0.238. The molecule has 0 saturated heterocycles. The number of halogens is 2. The monoisotopic (exact) mass is 731 g/mol. The van der Waals surface area contributed by atoms with Gasteiger partial charge in [0.1, 0.15) is 0 Å². The molecule has 7 aromatic carbocycles. The molecule has 0 bridgehead atoms. The number of allylic oxidation sites excluding steroid dienone is 4. The largest absolute Gasteiger partial charge is 3.00 e. The molecule has 48 heavy (non-hydrogen) atoms. The van der Waals surface area contributed by atoms with Gasteiger partial charge in [-0.25, -0.2) is 0 Å². The molecule has 3 heteroatoms. The first-order valence-corrected chi connectivity index (χ1v) is 15.9. The van der Waals surface area contributed by atoms with Gasteiger partial charge >= 0.3 is 26.2 Å². The minimum atomic E-state index is 0. The van der Waals surface area contributed by atoms with Gasteiger partial charge in [-0.2, -0.15) is 0 Å². The maximum atomic E-state index is 3.87. The summed E-state index contributed by atoms with van der Waals surface area (Å²) in [6, 6.07) is 49.1. The summed E-state index contributed by atoms with van der Waals surface area (Å²) in [5, 5.41) is 13.0. The van der Waals surface area contributed by atoms with E-state index < -0.39 is 0 Å². The van der Waals surface area contributed by atoms with Gasteiger partial charge in [0.15, 0.2) is 0 Å². The van der Waals surface area contributed by atoms with E-state index in [1.807, 2.05) is 0 Å². The maximum absolute atomic E-state index is 3.87. The Balaban J connectivity index is 0.00000134. The average Bonchev–Trinajstić information content (AvgIpc) is 3.77. The van der Waals surface area contributed by atoms with Crippen LogP contribution in [0.4, 0.5) is 0 Å². The molecule has 0 unspecified atom stereocenters. The summed E-state index contributed by atoms with van der Waals surface area (Å²) in [5.74, 6) is 0. The van der Waals surface area contributed by atoms with Crippen LogP contribution in [0.25, 0.3) is 49.5 Å². The molecule has 0 amide bonds. The summed E-state index contributed by atoms with van der Waals surface area (Å²) in [7, 11) is 0. The predicted octanol–water partition coefficient (Wildman–Crippen LogP) is 3.44. The van der Waals surface area contributed by atoms with Crippen LogP contribution in [0, 0.1) is 10.4 Å². The van der Waals surface area contributed by atoms with Crippen molar-refractivity contribution in [2.24, 2.45) is 0 Å². The van der Waals surface area contributed by atoms with Crippen LogP contribution in [0.15, 0.2) is 152 Å². The van der Waals surface area contributed by atoms with Crippen LogP contribution in [0.5, 0.6) is 0 Å². The Kier molecular flexibility index (Phi) is 10.1. The first-order chi connectivity index (χ1) is 22.3. The Bertz CT molecular complexity index is 2540. The van der Waals surface area contributed by atoms with Crippen LogP contribution in [0.2, 0.25) is 0 Å². The molecular formula is C45H31Cl2Zr. The van der Waals surface area contributed by atoms with Crippen LogP contribution >= 0.6 is 0 Å². The van der Waals surface area contributed by atoms with E-state index >= 15 is 0 Å². The first kappa shape index (κ1) is 33.9. The molecule has 0 spiro atoms. The van der Waals surface area contributed by atoms with Crippen LogP contribution in [-0.4, -0.2) is 0 Å². The Morgan fingerprint density at radius 1 is 0.562 bits per heavy atom. The molecule has 7 aromatic rings. The second kappa shape index (κ2) is 14.2. The molecule has 0 nitrogen and oxygen atoms in total. The first-order valence-electron chi connectivity index (χ1n) is 15.9. The van der Waals surface area contributed by atoms with E-state index in [2.05, 4.69) is 158 Å². The van der Waals surface area contributed by atoms with Crippen LogP contribution in [0.1, 0.15) is 28.7 Å². The van der Waals surface area contributed by atoms with E-state index in [1.165, 1.54) is 86.6 Å². The van der Waals surface area contributed by atoms with Crippen molar-refractivity contribution in [1.82, 2.24) is 0 Å². The number of benzene rings is 7. The fourth-order valence-corrected chi connectivity index (χ4v) is 7.69. The van der Waals surface area contributed by atoms with Gasteiger partial charge in [-0.1, -0.05) is 162 Å². The zero-order valence-electron chi connectivity index (χ0n) is 26.3. The predicted molar refractivity (Wildman–Crippen MR) is 190 cm³/mol. The van der Waals surface area contributed by atoms with E-state index in [4.69, 9.17) is 0 Å². The van der Waals surface area contributed by atoms with Gasteiger partial charge in [0, 0.05) is 0 Å². The zero-order valence-corrected chi connectivity index (χ0v) is 30.3. The number of hydrogen-bond donors (Lipinski definition) is 0. The Morgan fingerprint density at radius 3 is 1.73 bits per heavy atom. The molecule has 2 aliphatic rings. The standard InChI is InChI=1S/C45H31.2ClH.Zr/c1-2-16-32(15-1)43-41-26-10-9-25-40(41)42-29-35-17-5-8-24-39(35)45(42)44(43)36(27-33-20-11-18-30-13-3-6-22-37(30)33)28-34-21-12-19-31-14-4-7-23-38(31)34;;;/h1-15,17-26H,16,27-28H2;2*1H;/q-1;;;+3/p-2. The van der Waals surface area contributed by atoms with Crippen molar-refractivity contribution in [3.63, 3.8) is 0 Å². The molecule has 9 rings (SSSR count). The van der Waals surface area contributed by atoms with Crippen molar-refractivity contribution >= 4 is 49.5 Å². The molecule has 0 heterocycles. The SMILES string of the molecule is [C-]1=c2ccccc2=c2c1c1ccccc1c(C1=CC=CC1)c2=C(Cc1cccc2ccccc12)Cc1cccc2ccccc12.[Cl-].[Cl-].[Zr+3]. The number of rotatable bonds is 5. The summed E-state index contributed by atoms with van der Waals surface area (Å²) in [4.78, 5) is 0. The average molecular weight is 734 g/mol. The van der Waals surface area contributed by atoms with Crippen LogP contribution < -0.4 is 35.3 Å². The van der Waals surface area contributed by atoms with Crippen LogP contribution in [-0.2, 0) is 39.0 Å². The minimum Gasteiger partial charge on any atom is -1.00 e. The number of hydrogen-bond acceptors (Lipinski definition) is 0. The molecule has 1 radical (unpaired) electrons. The summed E-state index contributed by atoms with van der Waals surface area (Å²) in [6.45, 7) is 0. The minimum absolute atomic E-state index is 0. The van der Waals surface area contributed by atoms with Crippen molar-refractivity contribution in [3.8, 4) is 0 Å². The van der Waals surface area contributed by atoms with E-state index in [0.29, 0.717) is 0 Å². The normalized spacial score (nSPS) is 12.4. The molecule has 229 valence electrons. The molecular weight excluding hydrogens is 703 g/mol. The van der Waals surface area contributed by atoms with Gasteiger partial charge in [0.05, 0.1) is 0 Å². The Hall–Kier alpha value is -4.00. The second-order valence-electron chi connectivity index (χ2n) is 12.3. The fraction of sp³-hybridized carbons (Fsp3) is 0.0667. The zero-order chi connectivity index (χ0) is 29.7. The molecule has 0 aromatic heterocycles. The van der Waals surface area contributed by atoms with E-state index in [1.54, 1.807) is 0 Å².